The first-order chi connectivity index (χ1) is 9.63. The maximum Gasteiger partial charge on any atom is 0.333 e. The Balaban J connectivity index is 2.34. The van der Waals surface area contributed by atoms with Crippen molar-refractivity contribution in [3.63, 3.8) is 0 Å². The topological polar surface area (TPSA) is 90.1 Å². The van der Waals surface area contributed by atoms with Crippen LogP contribution >= 0.6 is 0 Å². The monoisotopic (exact) mass is 272 g/mol. The van der Waals surface area contributed by atoms with Gasteiger partial charge in [-0.3, -0.25) is 0 Å². The highest BCUT2D eigenvalue weighted by molar-refractivity contribution is 5.81. The number of methoxy groups -OCH3 is 1. The first kappa shape index (κ1) is 13.8. The molecular formula is C14H16N4O2. The quantitative estimate of drug-likeness (QED) is 0.823. The molecule has 0 aliphatic heterocycles. The van der Waals surface area contributed by atoms with Gasteiger partial charge in [-0.05, 0) is 12.5 Å². The molecule has 0 fully saturated rings. The van der Waals surface area contributed by atoms with Gasteiger partial charge in [0.2, 0.25) is 0 Å². The molecule has 0 bridgehead atoms. The largest absolute Gasteiger partial charge is 0.467 e. The number of hydrogen-bond donors (Lipinski definition) is 2. The lowest BCUT2D eigenvalue weighted by Crippen LogP contribution is -2.23. The molecule has 0 radical (unpaired) electrons. The Bertz CT molecular complexity index is 601. The van der Waals surface area contributed by atoms with Crippen molar-refractivity contribution in [2.45, 2.75) is 13.0 Å². The minimum Gasteiger partial charge on any atom is -0.467 e. The van der Waals surface area contributed by atoms with E-state index in [1.54, 1.807) is 6.92 Å². The Kier molecular flexibility index (Phi) is 4.14. The van der Waals surface area contributed by atoms with Crippen molar-refractivity contribution in [3.05, 3.63) is 47.8 Å². The molecule has 104 valence electrons. The molecule has 2 aromatic rings. The number of anilines is 2. The third-order valence-electron chi connectivity index (χ3n) is 2.97. The van der Waals surface area contributed by atoms with Gasteiger partial charge in [0.1, 0.15) is 18.0 Å². The van der Waals surface area contributed by atoms with Crippen molar-refractivity contribution >= 4 is 17.6 Å². The number of hydrogen-bond acceptors (Lipinski definition) is 6. The van der Waals surface area contributed by atoms with Crippen LogP contribution < -0.4 is 11.1 Å². The fraction of sp³-hybridized carbons (Fsp3) is 0.214. The number of nitrogens with zero attached hydrogens (tertiary/aromatic N) is 2. The summed E-state index contributed by atoms with van der Waals surface area (Å²) in [5, 5.41) is 3.05. The molecule has 1 unspecified atom stereocenters. The molecule has 1 aromatic heterocycles. The van der Waals surface area contributed by atoms with Crippen LogP contribution in [0.4, 0.5) is 11.6 Å². The summed E-state index contributed by atoms with van der Waals surface area (Å²) in [6, 6.07) is 8.63. The molecule has 6 heteroatoms. The minimum atomic E-state index is -0.644. The van der Waals surface area contributed by atoms with Crippen molar-refractivity contribution in [2.75, 3.05) is 18.2 Å². The van der Waals surface area contributed by atoms with Gasteiger partial charge in [0.25, 0.3) is 0 Å². The summed E-state index contributed by atoms with van der Waals surface area (Å²) < 4.78 is 4.83. The van der Waals surface area contributed by atoms with E-state index in [0.29, 0.717) is 17.2 Å². The molecular weight excluding hydrogens is 256 g/mol. The highest BCUT2D eigenvalue weighted by Gasteiger charge is 2.22. The molecule has 0 amide bonds. The SMILES string of the molecule is COC(=O)C(Nc1ncnc(N)c1C)c1ccccc1. The van der Waals surface area contributed by atoms with Crippen molar-refractivity contribution in [3.8, 4) is 0 Å². The lowest BCUT2D eigenvalue weighted by molar-refractivity contribution is -0.141. The summed E-state index contributed by atoms with van der Waals surface area (Å²) in [6.45, 7) is 1.79. The van der Waals surface area contributed by atoms with Gasteiger partial charge in [0.05, 0.1) is 7.11 Å². The number of nitrogens with one attached hydrogen (secondary N) is 1. The standard InChI is InChI=1S/C14H16N4O2/c1-9-12(15)16-8-17-13(9)18-11(14(19)20-2)10-6-4-3-5-7-10/h3-8,11H,1-2H3,(H3,15,16,17,18). The lowest BCUT2D eigenvalue weighted by atomic mass is 10.1. The predicted molar refractivity (Wildman–Crippen MR) is 76.0 cm³/mol. The van der Waals surface area contributed by atoms with Gasteiger partial charge in [0.15, 0.2) is 6.04 Å². The van der Waals surface area contributed by atoms with E-state index in [-0.39, 0.29) is 0 Å². The first-order valence-electron chi connectivity index (χ1n) is 6.10. The summed E-state index contributed by atoms with van der Waals surface area (Å²) >= 11 is 0. The van der Waals surface area contributed by atoms with E-state index >= 15 is 0 Å². The van der Waals surface area contributed by atoms with Crippen LogP contribution in [0.3, 0.4) is 0 Å². The van der Waals surface area contributed by atoms with Crippen molar-refractivity contribution in [1.29, 1.82) is 0 Å². The van der Waals surface area contributed by atoms with E-state index in [1.807, 2.05) is 30.3 Å². The molecule has 0 saturated carbocycles. The average Bonchev–Trinajstić information content (AvgIpc) is 2.49. The molecule has 0 spiro atoms. The van der Waals surface area contributed by atoms with Crippen LogP contribution in [0, 0.1) is 6.92 Å². The summed E-state index contributed by atoms with van der Waals surface area (Å²) in [7, 11) is 1.35. The maximum absolute atomic E-state index is 12.0. The van der Waals surface area contributed by atoms with E-state index in [2.05, 4.69) is 15.3 Å². The van der Waals surface area contributed by atoms with Crippen molar-refractivity contribution in [1.82, 2.24) is 9.97 Å². The molecule has 1 heterocycles. The molecule has 0 saturated heterocycles. The number of nitrogen functional groups attached to an aromatic ring is 1. The minimum absolute atomic E-state index is 0.374. The Hall–Kier alpha value is -2.63. The van der Waals surface area contributed by atoms with E-state index in [9.17, 15) is 4.79 Å². The Morgan fingerprint density at radius 3 is 2.65 bits per heavy atom. The number of carbonyl (C=O) groups is 1. The zero-order valence-electron chi connectivity index (χ0n) is 11.3. The summed E-state index contributed by atoms with van der Waals surface area (Å²) in [5.41, 5.74) is 7.22. The van der Waals surface area contributed by atoms with Gasteiger partial charge in [-0.15, -0.1) is 0 Å². The lowest BCUT2D eigenvalue weighted by Gasteiger charge is -2.18. The highest BCUT2D eigenvalue weighted by atomic mass is 16.5. The second-order valence-corrected chi connectivity index (χ2v) is 4.24. The fourth-order valence-electron chi connectivity index (χ4n) is 1.79. The van der Waals surface area contributed by atoms with Crippen LogP contribution in [-0.2, 0) is 9.53 Å². The molecule has 2 rings (SSSR count). The van der Waals surface area contributed by atoms with Crippen LogP contribution in [0.1, 0.15) is 17.2 Å². The van der Waals surface area contributed by atoms with E-state index in [1.165, 1.54) is 13.4 Å². The number of ether oxygens (including phenoxy) is 1. The van der Waals surface area contributed by atoms with Gasteiger partial charge in [0, 0.05) is 5.56 Å². The van der Waals surface area contributed by atoms with Gasteiger partial charge in [-0.25, -0.2) is 14.8 Å². The van der Waals surface area contributed by atoms with E-state index < -0.39 is 12.0 Å². The van der Waals surface area contributed by atoms with Crippen LogP contribution in [0.2, 0.25) is 0 Å². The zero-order valence-corrected chi connectivity index (χ0v) is 11.3. The smallest absolute Gasteiger partial charge is 0.333 e. The second-order valence-electron chi connectivity index (χ2n) is 4.24. The highest BCUT2D eigenvalue weighted by Crippen LogP contribution is 2.23. The van der Waals surface area contributed by atoms with E-state index in [0.717, 1.165) is 5.56 Å². The molecule has 20 heavy (non-hydrogen) atoms. The van der Waals surface area contributed by atoms with Crippen LogP contribution in [0.15, 0.2) is 36.7 Å². The number of carbonyl (C=O) groups excluding carboxylic acids is 1. The van der Waals surface area contributed by atoms with E-state index in [4.69, 9.17) is 10.5 Å². The number of nitrogens with two attached hydrogens (primary N) is 1. The molecule has 1 aromatic carbocycles. The van der Waals surface area contributed by atoms with Crippen molar-refractivity contribution < 1.29 is 9.53 Å². The van der Waals surface area contributed by atoms with Crippen LogP contribution in [0.5, 0.6) is 0 Å². The number of rotatable bonds is 4. The molecule has 3 N–H and O–H groups in total. The summed E-state index contributed by atoms with van der Waals surface area (Å²) in [4.78, 5) is 20.0. The molecule has 1 atom stereocenters. The van der Waals surface area contributed by atoms with Crippen LogP contribution in [-0.4, -0.2) is 23.0 Å². The Morgan fingerprint density at radius 1 is 1.30 bits per heavy atom. The number of benzene rings is 1. The van der Waals surface area contributed by atoms with Gasteiger partial charge < -0.3 is 15.8 Å². The summed E-state index contributed by atoms with van der Waals surface area (Å²) in [5.74, 6) is 0.490. The van der Waals surface area contributed by atoms with Gasteiger partial charge in [-0.2, -0.15) is 0 Å². The number of aromatic nitrogens is 2. The van der Waals surface area contributed by atoms with Gasteiger partial charge in [-0.1, -0.05) is 30.3 Å². The predicted octanol–water partition coefficient (Wildman–Crippen LogP) is 1.69. The Morgan fingerprint density at radius 2 is 2.00 bits per heavy atom. The first-order valence-corrected chi connectivity index (χ1v) is 6.10. The Labute approximate surface area is 117 Å². The van der Waals surface area contributed by atoms with Gasteiger partial charge >= 0.3 is 5.97 Å². The van der Waals surface area contributed by atoms with Crippen LogP contribution in [0.25, 0.3) is 0 Å². The fourth-order valence-corrected chi connectivity index (χ4v) is 1.79. The second kappa shape index (κ2) is 6.01. The average molecular weight is 272 g/mol. The summed E-state index contributed by atoms with van der Waals surface area (Å²) in [6.07, 6.45) is 1.35. The third-order valence-corrected chi connectivity index (χ3v) is 2.97. The molecule has 6 nitrogen and oxygen atoms in total. The number of esters is 1. The maximum atomic E-state index is 12.0. The molecule has 0 aliphatic carbocycles. The normalized spacial score (nSPS) is 11.7. The third kappa shape index (κ3) is 2.85. The van der Waals surface area contributed by atoms with Crippen molar-refractivity contribution in [2.24, 2.45) is 0 Å². The zero-order chi connectivity index (χ0) is 14.5. The molecule has 0 aliphatic rings.